The number of anilines is 1. The van der Waals surface area contributed by atoms with Gasteiger partial charge in [-0.25, -0.2) is 4.98 Å². The molecule has 2 heterocycles. The monoisotopic (exact) mass is 261 g/mol. The van der Waals surface area contributed by atoms with Crippen molar-refractivity contribution in [1.29, 1.82) is 0 Å². The first-order valence-corrected chi connectivity index (χ1v) is 6.58. The molecule has 0 saturated heterocycles. The summed E-state index contributed by atoms with van der Waals surface area (Å²) in [5, 5.41) is 9.86. The van der Waals surface area contributed by atoms with E-state index < -0.39 is 5.97 Å². The van der Waals surface area contributed by atoms with Crippen molar-refractivity contribution in [2.45, 2.75) is 26.7 Å². The van der Waals surface area contributed by atoms with Gasteiger partial charge in [0, 0.05) is 24.7 Å². The van der Waals surface area contributed by atoms with Crippen molar-refractivity contribution in [3.05, 3.63) is 24.0 Å². The summed E-state index contributed by atoms with van der Waals surface area (Å²) in [5.41, 5.74) is 1.69. The van der Waals surface area contributed by atoms with Gasteiger partial charge in [0.15, 0.2) is 0 Å². The van der Waals surface area contributed by atoms with Crippen LogP contribution in [0.1, 0.15) is 25.8 Å². The largest absolute Gasteiger partial charge is 0.481 e. The van der Waals surface area contributed by atoms with Crippen molar-refractivity contribution in [2.75, 3.05) is 18.0 Å². The molecule has 5 nitrogen and oxygen atoms in total. The van der Waals surface area contributed by atoms with Crippen LogP contribution in [0.5, 0.6) is 0 Å². The van der Waals surface area contributed by atoms with Crippen LogP contribution in [0.15, 0.2) is 18.5 Å². The summed E-state index contributed by atoms with van der Waals surface area (Å²) < 4.78 is 0. The van der Waals surface area contributed by atoms with Crippen LogP contribution >= 0.6 is 0 Å². The number of pyridine rings is 1. The minimum atomic E-state index is -0.819. The Morgan fingerprint density at radius 3 is 2.89 bits per heavy atom. The summed E-state index contributed by atoms with van der Waals surface area (Å²) in [6.45, 7) is 6.07. The maximum Gasteiger partial charge on any atom is 0.307 e. The van der Waals surface area contributed by atoms with E-state index in [2.05, 4.69) is 28.7 Å². The molecular weight excluding hydrogens is 242 g/mol. The summed E-state index contributed by atoms with van der Waals surface area (Å²) >= 11 is 0. The summed E-state index contributed by atoms with van der Waals surface area (Å²) in [4.78, 5) is 20.5. The van der Waals surface area contributed by atoms with Gasteiger partial charge in [-0.05, 0) is 25.0 Å². The molecule has 0 aliphatic heterocycles. The van der Waals surface area contributed by atoms with Crippen molar-refractivity contribution < 1.29 is 9.90 Å². The molecule has 19 heavy (non-hydrogen) atoms. The molecule has 2 aromatic rings. The molecule has 0 aliphatic rings. The maximum atomic E-state index is 10.8. The third kappa shape index (κ3) is 2.86. The topological polar surface area (TPSA) is 69.2 Å². The van der Waals surface area contributed by atoms with E-state index in [1.165, 1.54) is 0 Å². The smallest absolute Gasteiger partial charge is 0.307 e. The quantitative estimate of drug-likeness (QED) is 0.838. The third-order valence-electron chi connectivity index (χ3n) is 3.18. The zero-order chi connectivity index (χ0) is 13.8. The Bertz CT molecular complexity index is 577. The van der Waals surface area contributed by atoms with Gasteiger partial charge in [0.05, 0.1) is 18.1 Å². The molecule has 102 valence electrons. The van der Waals surface area contributed by atoms with E-state index in [1.807, 2.05) is 6.07 Å². The molecule has 0 spiro atoms. The number of rotatable bonds is 6. The number of carboxylic acids is 1. The summed E-state index contributed by atoms with van der Waals surface area (Å²) in [7, 11) is 0. The van der Waals surface area contributed by atoms with Crippen LogP contribution in [0.4, 0.5) is 5.82 Å². The summed E-state index contributed by atoms with van der Waals surface area (Å²) in [6, 6.07) is 1.98. The molecule has 5 heteroatoms. The fourth-order valence-corrected chi connectivity index (χ4v) is 2.25. The van der Waals surface area contributed by atoms with Crippen LogP contribution in [0.3, 0.4) is 0 Å². The highest BCUT2D eigenvalue weighted by Crippen LogP contribution is 2.23. The number of hydrogen-bond acceptors (Lipinski definition) is 3. The normalized spacial score (nSPS) is 10.8. The second-order valence-corrected chi connectivity index (χ2v) is 4.55. The zero-order valence-corrected chi connectivity index (χ0v) is 11.3. The van der Waals surface area contributed by atoms with E-state index >= 15 is 0 Å². The van der Waals surface area contributed by atoms with Gasteiger partial charge >= 0.3 is 5.97 Å². The molecule has 0 bridgehead atoms. The lowest BCUT2D eigenvalue weighted by Crippen LogP contribution is -2.24. The number of aromatic amines is 1. The first-order valence-electron chi connectivity index (χ1n) is 6.58. The Hall–Kier alpha value is -2.04. The summed E-state index contributed by atoms with van der Waals surface area (Å²) in [5.74, 6) is 0.0863. The number of nitrogens with one attached hydrogen (secondary N) is 1. The first kappa shape index (κ1) is 13.4. The van der Waals surface area contributed by atoms with Crippen LogP contribution in [-0.4, -0.2) is 34.1 Å². The van der Waals surface area contributed by atoms with Crippen LogP contribution < -0.4 is 4.90 Å². The minimum absolute atomic E-state index is 0.0311. The molecule has 2 aromatic heterocycles. The molecule has 2 N–H and O–H groups in total. The minimum Gasteiger partial charge on any atom is -0.481 e. The van der Waals surface area contributed by atoms with Gasteiger partial charge in [0.2, 0.25) is 0 Å². The van der Waals surface area contributed by atoms with Gasteiger partial charge in [-0.1, -0.05) is 6.92 Å². The average Bonchev–Trinajstić information content (AvgIpc) is 2.78. The number of nitrogens with zero attached hydrogens (tertiary/aromatic N) is 2. The molecule has 0 saturated carbocycles. The number of hydrogen-bond donors (Lipinski definition) is 2. The second kappa shape index (κ2) is 5.73. The molecule has 0 unspecified atom stereocenters. The Labute approximate surface area is 112 Å². The number of H-pyrrole nitrogens is 1. The number of aliphatic carboxylic acids is 1. The van der Waals surface area contributed by atoms with Crippen molar-refractivity contribution in [2.24, 2.45) is 0 Å². The van der Waals surface area contributed by atoms with Crippen molar-refractivity contribution in [1.82, 2.24) is 9.97 Å². The Morgan fingerprint density at radius 1 is 1.47 bits per heavy atom. The molecule has 0 aromatic carbocycles. The van der Waals surface area contributed by atoms with Crippen molar-refractivity contribution in [3.63, 3.8) is 0 Å². The Morgan fingerprint density at radius 2 is 2.26 bits per heavy atom. The number of aromatic nitrogens is 2. The predicted octanol–water partition coefficient (Wildman–Crippen LogP) is 2.43. The first-order chi connectivity index (χ1) is 9.15. The van der Waals surface area contributed by atoms with Gasteiger partial charge in [-0.3, -0.25) is 4.79 Å². The van der Waals surface area contributed by atoms with Crippen LogP contribution in [0, 0.1) is 0 Å². The fourth-order valence-electron chi connectivity index (χ4n) is 2.25. The third-order valence-corrected chi connectivity index (χ3v) is 3.18. The zero-order valence-electron chi connectivity index (χ0n) is 11.3. The second-order valence-electron chi connectivity index (χ2n) is 4.55. The highest BCUT2D eigenvalue weighted by atomic mass is 16.4. The molecule has 0 amide bonds. The van der Waals surface area contributed by atoms with Gasteiger partial charge in [-0.2, -0.15) is 0 Å². The number of carbonyl (C=O) groups is 1. The van der Waals surface area contributed by atoms with E-state index in [-0.39, 0.29) is 6.42 Å². The van der Waals surface area contributed by atoms with Gasteiger partial charge in [0.25, 0.3) is 0 Å². The van der Waals surface area contributed by atoms with E-state index in [1.54, 1.807) is 12.4 Å². The SMILES string of the molecule is CCCN(CC)c1cc2c(CC(=O)O)c[nH]c2cn1. The fraction of sp³-hybridized carbons (Fsp3) is 0.429. The lowest BCUT2D eigenvalue weighted by atomic mass is 10.1. The molecule has 0 aliphatic carbocycles. The lowest BCUT2D eigenvalue weighted by Gasteiger charge is -2.21. The number of fused-ring (bicyclic) bond motifs is 1. The average molecular weight is 261 g/mol. The predicted molar refractivity (Wildman–Crippen MR) is 75.6 cm³/mol. The highest BCUT2D eigenvalue weighted by molar-refractivity contribution is 5.88. The Kier molecular flexibility index (Phi) is 4.04. The van der Waals surface area contributed by atoms with E-state index in [0.717, 1.165) is 41.8 Å². The molecule has 0 fully saturated rings. The lowest BCUT2D eigenvalue weighted by molar-refractivity contribution is -0.136. The van der Waals surface area contributed by atoms with E-state index in [0.29, 0.717) is 0 Å². The van der Waals surface area contributed by atoms with Gasteiger partial charge in [-0.15, -0.1) is 0 Å². The molecular formula is C14H19N3O2. The number of carboxylic acid groups (broad SMARTS) is 1. The molecule has 2 rings (SSSR count). The Balaban J connectivity index is 2.39. The van der Waals surface area contributed by atoms with Gasteiger partial charge in [0.1, 0.15) is 5.82 Å². The van der Waals surface area contributed by atoms with E-state index in [9.17, 15) is 4.79 Å². The van der Waals surface area contributed by atoms with Crippen LogP contribution in [0.2, 0.25) is 0 Å². The van der Waals surface area contributed by atoms with Crippen molar-refractivity contribution in [3.8, 4) is 0 Å². The van der Waals surface area contributed by atoms with Gasteiger partial charge < -0.3 is 15.0 Å². The van der Waals surface area contributed by atoms with Crippen LogP contribution in [-0.2, 0) is 11.2 Å². The molecule has 0 radical (unpaired) electrons. The van der Waals surface area contributed by atoms with Crippen LogP contribution in [0.25, 0.3) is 10.9 Å². The summed E-state index contributed by atoms with van der Waals surface area (Å²) in [6.07, 6.45) is 4.61. The maximum absolute atomic E-state index is 10.8. The molecule has 0 atom stereocenters. The van der Waals surface area contributed by atoms with E-state index in [4.69, 9.17) is 5.11 Å². The standard InChI is InChI=1S/C14H19N3O2/c1-3-5-17(4-2)13-7-11-10(6-14(18)19)8-15-12(11)9-16-13/h7-9,15H,3-6H2,1-2H3,(H,18,19). The highest BCUT2D eigenvalue weighted by Gasteiger charge is 2.11. The van der Waals surface area contributed by atoms with Crippen molar-refractivity contribution >= 4 is 22.7 Å².